The summed E-state index contributed by atoms with van der Waals surface area (Å²) in [5, 5.41) is 6.77. The Kier molecular flexibility index (Phi) is 8.69. The Hall–Kier alpha value is -4.17. The van der Waals surface area contributed by atoms with Gasteiger partial charge in [0.15, 0.2) is 0 Å². The van der Waals surface area contributed by atoms with Crippen molar-refractivity contribution in [3.8, 4) is 0 Å². The lowest BCUT2D eigenvalue weighted by Gasteiger charge is -2.34. The van der Waals surface area contributed by atoms with Crippen molar-refractivity contribution in [3.63, 3.8) is 0 Å². The summed E-state index contributed by atoms with van der Waals surface area (Å²) in [5.74, 6) is -0.961. The predicted octanol–water partition coefficient (Wildman–Crippen LogP) is 6.07. The Bertz CT molecular complexity index is 1490. The number of hydrogen-bond acceptors (Lipinski definition) is 3. The number of H-pyrrole nitrogens is 1. The summed E-state index contributed by atoms with van der Waals surface area (Å²) in [6, 6.07) is 21.7. The topological polar surface area (TPSA) is 80.5 Å². The smallest absolute Gasteiger partial charge is 0.318 e. The van der Waals surface area contributed by atoms with Crippen molar-refractivity contribution < 1.29 is 14.0 Å². The van der Waals surface area contributed by atoms with Gasteiger partial charge in [0, 0.05) is 42.7 Å². The number of aromatic nitrogens is 1. The number of nitrogens with zero attached hydrogens (tertiary/aromatic N) is 2. The highest BCUT2D eigenvalue weighted by Crippen LogP contribution is 2.30. The summed E-state index contributed by atoms with van der Waals surface area (Å²) in [5.41, 5.74) is 4.12. The molecule has 2 atom stereocenters. The molecule has 0 radical (unpaired) electrons. The number of urea groups is 1. The molecular formula is C33H38FN5O2. The predicted molar refractivity (Wildman–Crippen MR) is 161 cm³/mol. The van der Waals surface area contributed by atoms with Crippen LogP contribution in [-0.4, -0.2) is 59.9 Å². The molecule has 3 amide bonds. The minimum absolute atomic E-state index is 0.100. The summed E-state index contributed by atoms with van der Waals surface area (Å²) < 4.78 is 14.8. The van der Waals surface area contributed by atoms with E-state index in [1.165, 1.54) is 11.6 Å². The number of anilines is 1. The molecule has 4 aromatic rings. The first kappa shape index (κ1) is 28.4. The largest absolute Gasteiger partial charge is 0.361 e. The zero-order valence-corrected chi connectivity index (χ0v) is 23.9. The number of likely N-dealkylation sites (tertiary alicyclic amines) is 1. The fourth-order valence-corrected chi connectivity index (χ4v) is 5.78. The van der Waals surface area contributed by atoms with Gasteiger partial charge in [-0.1, -0.05) is 61.5 Å². The summed E-state index contributed by atoms with van der Waals surface area (Å²) in [6.07, 6.45) is 3.60. The van der Waals surface area contributed by atoms with Gasteiger partial charge in [-0.05, 0) is 67.7 Å². The molecule has 2 heterocycles. The van der Waals surface area contributed by atoms with E-state index in [1.54, 1.807) is 17.0 Å². The van der Waals surface area contributed by atoms with Crippen molar-refractivity contribution in [1.29, 1.82) is 0 Å². The average Bonchev–Trinajstić information content (AvgIpc) is 3.42. The number of piperidine rings is 1. The molecule has 0 unspecified atom stereocenters. The zero-order chi connectivity index (χ0) is 28.9. The lowest BCUT2D eigenvalue weighted by atomic mass is 9.89. The molecular weight excluding hydrogens is 517 g/mol. The van der Waals surface area contributed by atoms with Gasteiger partial charge in [-0.2, -0.15) is 0 Å². The van der Waals surface area contributed by atoms with E-state index >= 15 is 0 Å². The number of carbonyl (C=O) groups excluding carboxylic acids is 2. The molecule has 0 aliphatic carbocycles. The first-order valence-electron chi connectivity index (χ1n) is 14.2. The van der Waals surface area contributed by atoms with E-state index < -0.39 is 17.8 Å². The first-order chi connectivity index (χ1) is 19.8. The second-order valence-corrected chi connectivity index (χ2v) is 11.2. The number of aromatic amines is 1. The standard InChI is InChI=1S/C33H38FN5O2/c1-22(27-20-35-29-12-8-7-11-26(27)29)31(32(40)36-30-19-23(21-38(2)3)13-14-28(30)34)37-33(41)39-17-15-25(16-18-39)24-9-5-4-6-10-24/h4-14,19-20,22,25,31,35H,15-18,21H2,1-3H3,(H,36,40)(H,37,41)/t22-,31+/m0/s1. The van der Waals surface area contributed by atoms with Crippen LogP contribution in [0.3, 0.4) is 0 Å². The SMILES string of the molecule is C[C@@H](c1c[nH]c2ccccc12)[C@@H](NC(=O)N1CCC(c2ccccc2)CC1)C(=O)Nc1cc(CN(C)C)ccc1F. The number of halogens is 1. The lowest BCUT2D eigenvalue weighted by Crippen LogP contribution is -2.53. The molecule has 8 heteroatoms. The van der Waals surface area contributed by atoms with Crippen LogP contribution in [0, 0.1) is 5.82 Å². The Morgan fingerprint density at radius 3 is 2.46 bits per heavy atom. The van der Waals surface area contributed by atoms with Crippen LogP contribution in [0.15, 0.2) is 79.0 Å². The molecule has 41 heavy (non-hydrogen) atoms. The normalized spacial score (nSPS) is 15.6. The van der Waals surface area contributed by atoms with E-state index in [-0.39, 0.29) is 17.6 Å². The third-order valence-electron chi connectivity index (χ3n) is 8.01. The highest BCUT2D eigenvalue weighted by Gasteiger charge is 2.33. The molecule has 214 valence electrons. The van der Waals surface area contributed by atoms with E-state index in [9.17, 15) is 14.0 Å². The van der Waals surface area contributed by atoms with Crippen LogP contribution in [0.5, 0.6) is 0 Å². The van der Waals surface area contributed by atoms with E-state index in [1.807, 2.05) is 74.6 Å². The van der Waals surface area contributed by atoms with Gasteiger partial charge >= 0.3 is 6.03 Å². The molecule has 1 aliphatic rings. The average molecular weight is 556 g/mol. The molecule has 1 fully saturated rings. The quantitative estimate of drug-likeness (QED) is 0.247. The van der Waals surface area contributed by atoms with Gasteiger partial charge < -0.3 is 25.4 Å². The number of rotatable bonds is 8. The van der Waals surface area contributed by atoms with Crippen LogP contribution in [-0.2, 0) is 11.3 Å². The maximum atomic E-state index is 14.8. The molecule has 1 saturated heterocycles. The number of benzene rings is 3. The van der Waals surface area contributed by atoms with Crippen LogP contribution in [0.2, 0.25) is 0 Å². The molecule has 0 spiro atoms. The van der Waals surface area contributed by atoms with Gasteiger partial charge in [-0.25, -0.2) is 9.18 Å². The summed E-state index contributed by atoms with van der Waals surface area (Å²) in [6.45, 7) is 3.72. The van der Waals surface area contributed by atoms with Crippen molar-refractivity contribution in [2.75, 3.05) is 32.5 Å². The summed E-state index contributed by atoms with van der Waals surface area (Å²) in [4.78, 5) is 34.3. The van der Waals surface area contributed by atoms with Crippen LogP contribution < -0.4 is 10.6 Å². The fourth-order valence-electron chi connectivity index (χ4n) is 5.78. The summed E-state index contributed by atoms with van der Waals surface area (Å²) >= 11 is 0. The number of para-hydroxylation sites is 1. The first-order valence-corrected chi connectivity index (χ1v) is 14.2. The maximum absolute atomic E-state index is 14.8. The molecule has 3 aromatic carbocycles. The molecule has 0 saturated carbocycles. The van der Waals surface area contributed by atoms with Crippen molar-refractivity contribution in [2.45, 2.75) is 44.2 Å². The number of carbonyl (C=O) groups is 2. The van der Waals surface area contributed by atoms with E-state index in [2.05, 4.69) is 27.8 Å². The van der Waals surface area contributed by atoms with Gasteiger partial charge in [0.2, 0.25) is 5.91 Å². The van der Waals surface area contributed by atoms with Gasteiger partial charge in [0.25, 0.3) is 0 Å². The van der Waals surface area contributed by atoms with Crippen LogP contribution in [0.4, 0.5) is 14.9 Å². The van der Waals surface area contributed by atoms with Gasteiger partial charge in [0.1, 0.15) is 11.9 Å². The van der Waals surface area contributed by atoms with Crippen LogP contribution in [0.1, 0.15) is 48.3 Å². The molecule has 3 N–H and O–H groups in total. The van der Waals surface area contributed by atoms with E-state index in [0.717, 1.165) is 34.9 Å². The van der Waals surface area contributed by atoms with Crippen molar-refractivity contribution in [2.24, 2.45) is 0 Å². The van der Waals surface area contributed by atoms with Gasteiger partial charge in [0.05, 0.1) is 5.69 Å². The number of fused-ring (bicyclic) bond motifs is 1. The Labute approximate surface area is 240 Å². The molecule has 1 aliphatic heterocycles. The Balaban J connectivity index is 1.36. The zero-order valence-electron chi connectivity index (χ0n) is 23.9. The van der Waals surface area contributed by atoms with Crippen molar-refractivity contribution >= 4 is 28.5 Å². The molecule has 7 nitrogen and oxygen atoms in total. The monoisotopic (exact) mass is 555 g/mol. The minimum atomic E-state index is -0.926. The van der Waals surface area contributed by atoms with Gasteiger partial charge in [-0.3, -0.25) is 4.79 Å². The number of nitrogens with one attached hydrogen (secondary N) is 3. The maximum Gasteiger partial charge on any atom is 0.318 e. The highest BCUT2D eigenvalue weighted by molar-refractivity contribution is 5.98. The second kappa shape index (κ2) is 12.6. The molecule has 1 aromatic heterocycles. The highest BCUT2D eigenvalue weighted by atomic mass is 19.1. The number of amides is 3. The minimum Gasteiger partial charge on any atom is -0.361 e. The third-order valence-corrected chi connectivity index (χ3v) is 8.01. The Morgan fingerprint density at radius 2 is 1.73 bits per heavy atom. The lowest BCUT2D eigenvalue weighted by molar-refractivity contribution is -0.118. The van der Waals surface area contributed by atoms with Crippen LogP contribution >= 0.6 is 0 Å². The third kappa shape index (κ3) is 6.60. The van der Waals surface area contributed by atoms with Crippen molar-refractivity contribution in [3.05, 3.63) is 102 Å². The van der Waals surface area contributed by atoms with E-state index in [0.29, 0.717) is 25.6 Å². The number of hydrogen-bond donors (Lipinski definition) is 3. The fraction of sp³-hybridized carbons (Fsp3) is 0.333. The molecule has 5 rings (SSSR count). The van der Waals surface area contributed by atoms with Gasteiger partial charge in [-0.15, -0.1) is 0 Å². The van der Waals surface area contributed by atoms with Crippen molar-refractivity contribution in [1.82, 2.24) is 20.1 Å². The second-order valence-electron chi connectivity index (χ2n) is 11.2. The van der Waals surface area contributed by atoms with Crippen LogP contribution in [0.25, 0.3) is 10.9 Å². The Morgan fingerprint density at radius 1 is 1.02 bits per heavy atom. The van der Waals surface area contributed by atoms with E-state index in [4.69, 9.17) is 0 Å². The summed E-state index contributed by atoms with van der Waals surface area (Å²) in [7, 11) is 3.86. The molecule has 0 bridgehead atoms.